The van der Waals surface area contributed by atoms with Crippen molar-refractivity contribution >= 4 is 22.7 Å². The summed E-state index contributed by atoms with van der Waals surface area (Å²) in [6.07, 6.45) is 5.93. The molecule has 3 aliphatic rings. The largest absolute Gasteiger partial charge is 0.324 e. The van der Waals surface area contributed by atoms with Gasteiger partial charge >= 0.3 is 0 Å². The fourth-order valence-electron chi connectivity index (χ4n) is 5.90. The van der Waals surface area contributed by atoms with Crippen LogP contribution in [0.2, 0.25) is 0 Å². The number of aromatic nitrogens is 6. The van der Waals surface area contributed by atoms with Crippen LogP contribution in [0.4, 0.5) is 11.6 Å². The molecule has 1 spiro atoms. The van der Waals surface area contributed by atoms with Gasteiger partial charge in [0.2, 0.25) is 5.95 Å². The highest BCUT2D eigenvalue weighted by atomic mass is 16.1. The zero-order valence-corrected chi connectivity index (χ0v) is 22.2. The molecule has 1 aliphatic heterocycles. The van der Waals surface area contributed by atoms with E-state index in [4.69, 9.17) is 4.98 Å². The van der Waals surface area contributed by atoms with Crippen molar-refractivity contribution in [2.75, 3.05) is 18.9 Å². The molecule has 38 heavy (non-hydrogen) atoms. The molecule has 3 aromatic heterocycles. The van der Waals surface area contributed by atoms with E-state index in [0.29, 0.717) is 28.2 Å². The predicted molar refractivity (Wildman–Crippen MR) is 145 cm³/mol. The summed E-state index contributed by atoms with van der Waals surface area (Å²) in [4.78, 5) is 37.7. The lowest BCUT2D eigenvalue weighted by Crippen LogP contribution is -2.36. The Morgan fingerprint density at radius 3 is 2.58 bits per heavy atom. The average molecular weight is 513 g/mol. The van der Waals surface area contributed by atoms with Gasteiger partial charge in [0.25, 0.3) is 11.1 Å². The summed E-state index contributed by atoms with van der Waals surface area (Å²) in [7, 11) is 2.18. The highest BCUT2D eigenvalue weighted by molar-refractivity contribution is 5.77. The van der Waals surface area contributed by atoms with E-state index in [-0.39, 0.29) is 17.2 Å². The summed E-state index contributed by atoms with van der Waals surface area (Å²) in [5.74, 6) is 0.892. The number of likely N-dealkylation sites (N-methyl/N-ethyl adjacent to an activating group) is 1. The van der Waals surface area contributed by atoms with Crippen molar-refractivity contribution in [3.8, 4) is 5.82 Å². The van der Waals surface area contributed by atoms with Gasteiger partial charge in [0.05, 0.1) is 11.6 Å². The van der Waals surface area contributed by atoms with E-state index in [0.717, 1.165) is 31.6 Å². The molecule has 1 aromatic carbocycles. The number of hydrogen-bond donors (Lipinski definition) is 1. The second-order valence-electron chi connectivity index (χ2n) is 12.2. The summed E-state index contributed by atoms with van der Waals surface area (Å²) in [5, 5.41) is 8.45. The van der Waals surface area contributed by atoms with E-state index in [2.05, 4.69) is 45.5 Å². The van der Waals surface area contributed by atoms with Gasteiger partial charge < -0.3 is 10.2 Å². The molecule has 0 amide bonds. The number of anilines is 2. The zero-order chi connectivity index (χ0) is 26.4. The molecule has 0 saturated heterocycles. The van der Waals surface area contributed by atoms with Gasteiger partial charge in [-0.2, -0.15) is 4.98 Å². The molecule has 0 atom stereocenters. The molecule has 4 aromatic rings. The minimum atomic E-state index is -0.512. The lowest BCUT2D eigenvalue weighted by atomic mass is 9.87. The van der Waals surface area contributed by atoms with Gasteiger partial charge in [-0.15, -0.1) is 5.10 Å². The monoisotopic (exact) mass is 512 g/mol. The molecule has 0 unspecified atom stereocenters. The first-order valence-corrected chi connectivity index (χ1v) is 13.3. The van der Waals surface area contributed by atoms with E-state index >= 15 is 0 Å². The summed E-state index contributed by atoms with van der Waals surface area (Å²) < 4.78 is 4.92. The van der Waals surface area contributed by atoms with Gasteiger partial charge in [-0.3, -0.25) is 9.59 Å². The molecule has 1 N–H and O–H groups in total. The van der Waals surface area contributed by atoms with Crippen LogP contribution in [0, 0.1) is 0 Å². The Morgan fingerprint density at radius 1 is 1.08 bits per heavy atom. The molecule has 0 radical (unpaired) electrons. The smallest absolute Gasteiger partial charge is 0.278 e. The maximum atomic E-state index is 13.4. The Bertz CT molecular complexity index is 1720. The normalized spacial score (nSPS) is 18.6. The molecule has 10 heteroatoms. The number of benzene rings is 1. The first-order valence-electron chi connectivity index (χ1n) is 13.3. The van der Waals surface area contributed by atoms with Gasteiger partial charge in [-0.1, -0.05) is 6.07 Å². The van der Waals surface area contributed by atoms with Gasteiger partial charge in [-0.25, -0.2) is 19.0 Å². The van der Waals surface area contributed by atoms with Gasteiger partial charge in [0, 0.05) is 36.5 Å². The summed E-state index contributed by atoms with van der Waals surface area (Å²) in [6, 6.07) is 9.78. The first kappa shape index (κ1) is 23.3. The zero-order valence-electron chi connectivity index (χ0n) is 22.2. The number of nitrogens with one attached hydrogen (secondary N) is 1. The minimum Gasteiger partial charge on any atom is -0.324 e. The lowest BCUT2D eigenvalue weighted by Gasteiger charge is -2.32. The molecular formula is C28H32N8O2. The van der Waals surface area contributed by atoms with E-state index in [1.54, 1.807) is 21.6 Å². The molecule has 4 heterocycles. The summed E-state index contributed by atoms with van der Waals surface area (Å²) >= 11 is 0. The van der Waals surface area contributed by atoms with Crippen LogP contribution < -0.4 is 16.4 Å². The minimum absolute atomic E-state index is 0.0808. The second-order valence-corrected chi connectivity index (χ2v) is 12.2. The highest BCUT2D eigenvalue weighted by Gasteiger charge is 2.48. The number of nitrogens with zero attached hydrogens (tertiary/aromatic N) is 7. The average Bonchev–Trinajstić information content (AvgIpc) is 3.79. The lowest BCUT2D eigenvalue weighted by molar-refractivity contribution is 0.271. The standard InChI is InChI=1S/C28H32N8O2/c1-27(2,3)36-23(37)10-9-22(32-36)35-24-20(25(38)34(35)19-6-7-19)14-29-26(31-24)30-18-5-8-21-17(13-18)15-33(4)16-28(21)11-12-28/h5,8-10,13-14,19H,6-7,11-12,15-16H2,1-4H3,(H,29,30,31). The molecule has 7 rings (SSSR count). The van der Waals surface area contributed by atoms with Crippen molar-refractivity contribution < 1.29 is 0 Å². The Kier molecular flexibility index (Phi) is 4.83. The topological polar surface area (TPSA) is 103 Å². The van der Waals surface area contributed by atoms with Gasteiger partial charge in [0.1, 0.15) is 5.39 Å². The van der Waals surface area contributed by atoms with Crippen LogP contribution in [0.15, 0.2) is 46.1 Å². The fourth-order valence-corrected chi connectivity index (χ4v) is 5.90. The van der Waals surface area contributed by atoms with Crippen LogP contribution in [-0.4, -0.2) is 47.6 Å². The van der Waals surface area contributed by atoms with Gasteiger partial charge in [-0.05, 0) is 82.8 Å². The van der Waals surface area contributed by atoms with Gasteiger partial charge in [0.15, 0.2) is 11.5 Å². The Hall–Kier alpha value is -3.79. The third-order valence-corrected chi connectivity index (χ3v) is 7.95. The second kappa shape index (κ2) is 7.86. The summed E-state index contributed by atoms with van der Waals surface area (Å²) in [6.45, 7) is 7.83. The number of fused-ring (bicyclic) bond motifs is 3. The molecular weight excluding hydrogens is 480 g/mol. The van der Waals surface area contributed by atoms with E-state index in [9.17, 15) is 9.59 Å². The molecule has 0 bridgehead atoms. The quantitative estimate of drug-likeness (QED) is 0.447. The third kappa shape index (κ3) is 3.69. The van der Waals surface area contributed by atoms with Crippen molar-refractivity contribution in [3.63, 3.8) is 0 Å². The van der Waals surface area contributed by atoms with Crippen molar-refractivity contribution in [2.45, 2.75) is 70.0 Å². The van der Waals surface area contributed by atoms with Crippen LogP contribution >= 0.6 is 0 Å². The van der Waals surface area contributed by atoms with Crippen molar-refractivity contribution in [3.05, 3.63) is 68.4 Å². The Balaban J connectivity index is 1.33. The van der Waals surface area contributed by atoms with Crippen molar-refractivity contribution in [1.29, 1.82) is 0 Å². The Morgan fingerprint density at radius 2 is 1.87 bits per heavy atom. The SMILES string of the molecule is CN1Cc2cc(Nc3ncc4c(=O)n(C5CC5)n(-c5ccc(=O)n(C(C)(C)C)n5)c4n3)ccc2C2(CC2)C1. The van der Waals surface area contributed by atoms with Crippen LogP contribution in [0.1, 0.15) is 63.6 Å². The van der Waals surface area contributed by atoms with Crippen LogP contribution in [0.5, 0.6) is 0 Å². The number of hydrogen-bond acceptors (Lipinski definition) is 7. The molecule has 2 aliphatic carbocycles. The first-order chi connectivity index (χ1) is 18.1. The predicted octanol–water partition coefficient (Wildman–Crippen LogP) is 3.45. The molecule has 2 saturated carbocycles. The molecule has 196 valence electrons. The number of rotatable bonds is 4. The van der Waals surface area contributed by atoms with Crippen LogP contribution in [-0.2, 0) is 17.5 Å². The van der Waals surface area contributed by atoms with E-state index in [1.807, 2.05) is 20.8 Å². The fraction of sp³-hybridized carbons (Fsp3) is 0.464. The third-order valence-electron chi connectivity index (χ3n) is 7.95. The van der Waals surface area contributed by atoms with E-state index in [1.165, 1.54) is 34.7 Å². The Labute approximate surface area is 219 Å². The van der Waals surface area contributed by atoms with Crippen LogP contribution in [0.3, 0.4) is 0 Å². The maximum Gasteiger partial charge on any atom is 0.278 e. The molecule has 10 nitrogen and oxygen atoms in total. The molecule has 2 fully saturated rings. The summed E-state index contributed by atoms with van der Waals surface area (Å²) in [5.41, 5.74) is 3.68. The van der Waals surface area contributed by atoms with E-state index < -0.39 is 5.54 Å². The van der Waals surface area contributed by atoms with Crippen LogP contribution in [0.25, 0.3) is 16.9 Å². The van der Waals surface area contributed by atoms with Crippen molar-refractivity contribution in [2.24, 2.45) is 0 Å². The maximum absolute atomic E-state index is 13.4. The highest BCUT2D eigenvalue weighted by Crippen LogP contribution is 2.52. The van der Waals surface area contributed by atoms with Crippen molar-refractivity contribution in [1.82, 2.24) is 34.0 Å².